The number of hydrogen-bond donors (Lipinski definition) is 2. The number of nitrogens with zero attached hydrogens (tertiary/aromatic N) is 1. The van der Waals surface area contributed by atoms with Crippen LogP contribution >= 0.6 is 35.6 Å². The zero-order chi connectivity index (χ0) is 16.2. The molecule has 0 aliphatic carbocycles. The van der Waals surface area contributed by atoms with E-state index in [1.54, 1.807) is 7.11 Å². The van der Waals surface area contributed by atoms with E-state index in [4.69, 9.17) is 21.1 Å². The first-order valence-electron chi connectivity index (χ1n) is 7.63. The molecule has 0 saturated heterocycles. The van der Waals surface area contributed by atoms with Crippen molar-refractivity contribution in [3.8, 4) is 5.75 Å². The van der Waals surface area contributed by atoms with E-state index >= 15 is 0 Å². The molecule has 0 spiro atoms. The smallest absolute Gasteiger partial charge is 0.191 e. The molecule has 1 unspecified atom stereocenters. The van der Waals surface area contributed by atoms with Gasteiger partial charge in [-0.25, -0.2) is 4.99 Å². The lowest BCUT2D eigenvalue weighted by molar-refractivity contribution is 0.202. The fourth-order valence-electron chi connectivity index (χ4n) is 1.78. The molecule has 1 atom stereocenters. The van der Waals surface area contributed by atoms with Crippen LogP contribution in [0.25, 0.3) is 0 Å². The summed E-state index contributed by atoms with van der Waals surface area (Å²) in [5, 5.41) is 7.03. The van der Waals surface area contributed by atoms with Crippen molar-refractivity contribution in [1.82, 2.24) is 10.6 Å². The molecular weight excluding hydrogens is 429 g/mol. The Hall–Kier alpha value is -0.730. The fraction of sp³-hybridized carbons (Fsp3) is 0.562. The lowest BCUT2D eigenvalue weighted by Gasteiger charge is -2.18. The molecule has 0 fully saturated rings. The lowest BCUT2D eigenvalue weighted by Crippen LogP contribution is -2.39. The zero-order valence-electron chi connectivity index (χ0n) is 14.0. The van der Waals surface area contributed by atoms with Gasteiger partial charge in [-0.15, -0.1) is 24.0 Å². The minimum atomic E-state index is -0.0159. The van der Waals surface area contributed by atoms with Gasteiger partial charge >= 0.3 is 0 Å². The number of nitrogens with one attached hydrogen (secondary N) is 2. The van der Waals surface area contributed by atoms with Crippen molar-refractivity contribution in [2.75, 3.05) is 33.4 Å². The van der Waals surface area contributed by atoms with E-state index in [2.05, 4.69) is 22.5 Å². The monoisotopic (exact) mass is 455 g/mol. The van der Waals surface area contributed by atoms with Gasteiger partial charge in [0.2, 0.25) is 0 Å². The topological polar surface area (TPSA) is 54.9 Å². The van der Waals surface area contributed by atoms with Gasteiger partial charge in [0.15, 0.2) is 5.96 Å². The van der Waals surface area contributed by atoms with E-state index in [0.29, 0.717) is 30.5 Å². The molecule has 1 aromatic rings. The zero-order valence-corrected chi connectivity index (χ0v) is 17.1. The van der Waals surface area contributed by atoms with Crippen molar-refractivity contribution in [1.29, 1.82) is 0 Å². The number of ether oxygens (including phenoxy) is 2. The minimum absolute atomic E-state index is 0. The van der Waals surface area contributed by atoms with Crippen molar-refractivity contribution in [2.45, 2.75) is 26.4 Å². The van der Waals surface area contributed by atoms with Crippen molar-refractivity contribution in [2.24, 2.45) is 4.99 Å². The quantitative estimate of drug-likeness (QED) is 0.260. The van der Waals surface area contributed by atoms with Gasteiger partial charge in [0.05, 0.1) is 18.2 Å². The highest BCUT2D eigenvalue weighted by Crippen LogP contribution is 2.24. The van der Waals surface area contributed by atoms with Gasteiger partial charge in [-0.3, -0.25) is 0 Å². The molecule has 0 aliphatic rings. The Kier molecular flexibility index (Phi) is 13.3. The third kappa shape index (κ3) is 9.22. The van der Waals surface area contributed by atoms with Crippen molar-refractivity contribution >= 4 is 41.5 Å². The first-order chi connectivity index (χ1) is 10.7. The summed E-state index contributed by atoms with van der Waals surface area (Å²) >= 11 is 6.12. The summed E-state index contributed by atoms with van der Waals surface area (Å²) in [6.45, 7) is 6.82. The highest BCUT2D eigenvalue weighted by atomic mass is 127. The summed E-state index contributed by atoms with van der Waals surface area (Å²) in [6, 6.07) is 7.49. The lowest BCUT2D eigenvalue weighted by atomic mass is 10.2. The van der Waals surface area contributed by atoms with Crippen LogP contribution in [0.1, 0.15) is 20.3 Å². The van der Waals surface area contributed by atoms with E-state index in [1.807, 2.05) is 31.2 Å². The molecule has 0 radical (unpaired) electrons. The van der Waals surface area contributed by atoms with Gasteiger partial charge in [-0.1, -0.05) is 30.7 Å². The Morgan fingerprint density at radius 3 is 2.61 bits per heavy atom. The highest BCUT2D eigenvalue weighted by Gasteiger charge is 2.10. The summed E-state index contributed by atoms with van der Waals surface area (Å²) in [5.41, 5.74) is 0. The van der Waals surface area contributed by atoms with Gasteiger partial charge < -0.3 is 20.1 Å². The molecule has 132 valence electrons. The Bertz CT molecular complexity index is 461. The summed E-state index contributed by atoms with van der Waals surface area (Å²) < 4.78 is 11.0. The number of aliphatic imine (C=N–C) groups is 1. The second kappa shape index (κ2) is 13.7. The van der Waals surface area contributed by atoms with Crippen LogP contribution in [-0.4, -0.2) is 45.4 Å². The summed E-state index contributed by atoms with van der Waals surface area (Å²) in [4.78, 5) is 4.55. The van der Waals surface area contributed by atoms with Gasteiger partial charge in [0.1, 0.15) is 11.9 Å². The van der Waals surface area contributed by atoms with Gasteiger partial charge in [0.25, 0.3) is 0 Å². The maximum Gasteiger partial charge on any atom is 0.191 e. The van der Waals surface area contributed by atoms with Crippen molar-refractivity contribution < 1.29 is 9.47 Å². The molecule has 1 aromatic carbocycles. The highest BCUT2D eigenvalue weighted by molar-refractivity contribution is 14.0. The first kappa shape index (κ1) is 22.3. The largest absolute Gasteiger partial charge is 0.487 e. The van der Waals surface area contributed by atoms with Crippen LogP contribution in [0.4, 0.5) is 0 Å². The molecule has 7 heteroatoms. The molecule has 1 rings (SSSR count). The Labute approximate surface area is 161 Å². The van der Waals surface area contributed by atoms with Crippen LogP contribution in [0.3, 0.4) is 0 Å². The number of para-hydroxylation sites is 1. The van der Waals surface area contributed by atoms with Crippen molar-refractivity contribution in [3.05, 3.63) is 29.3 Å². The Balaban J connectivity index is 0.00000484. The number of rotatable bonds is 9. The molecule has 0 aromatic heterocycles. The van der Waals surface area contributed by atoms with Crippen LogP contribution in [0, 0.1) is 0 Å². The maximum absolute atomic E-state index is 6.12. The molecular formula is C16H27ClIN3O2. The summed E-state index contributed by atoms with van der Waals surface area (Å²) in [7, 11) is 1.68. The molecule has 0 bridgehead atoms. The normalized spacial score (nSPS) is 12.3. The summed E-state index contributed by atoms with van der Waals surface area (Å²) in [5.74, 6) is 1.46. The summed E-state index contributed by atoms with van der Waals surface area (Å²) in [6.07, 6.45) is 0.837. The standard InChI is InChI=1S/C16H26ClN3O2.HI/c1-4-13(22-15-9-7-6-8-14(15)17)12-20-16(18-5-2)19-10-11-21-3;/h6-9,13H,4-5,10-12H2,1-3H3,(H2,18,19,20);1H. The second-order valence-electron chi connectivity index (χ2n) is 4.72. The fourth-order valence-corrected chi connectivity index (χ4v) is 1.96. The maximum atomic E-state index is 6.12. The number of halogens is 2. The number of methoxy groups -OCH3 is 1. The Morgan fingerprint density at radius 2 is 2.00 bits per heavy atom. The average molecular weight is 456 g/mol. The van der Waals surface area contributed by atoms with Gasteiger partial charge in [-0.2, -0.15) is 0 Å². The second-order valence-corrected chi connectivity index (χ2v) is 5.12. The van der Waals surface area contributed by atoms with Gasteiger partial charge in [-0.05, 0) is 25.5 Å². The van der Waals surface area contributed by atoms with E-state index in [-0.39, 0.29) is 30.1 Å². The van der Waals surface area contributed by atoms with Crippen LogP contribution in [0.15, 0.2) is 29.3 Å². The van der Waals surface area contributed by atoms with E-state index in [0.717, 1.165) is 18.9 Å². The molecule has 0 aliphatic heterocycles. The van der Waals surface area contributed by atoms with E-state index in [1.165, 1.54) is 0 Å². The molecule has 5 nitrogen and oxygen atoms in total. The average Bonchev–Trinajstić information content (AvgIpc) is 2.53. The first-order valence-corrected chi connectivity index (χ1v) is 8.01. The van der Waals surface area contributed by atoms with E-state index < -0.39 is 0 Å². The molecule has 0 heterocycles. The SMILES string of the molecule is CCNC(=NCC(CC)Oc1ccccc1Cl)NCCOC.I. The van der Waals surface area contributed by atoms with E-state index in [9.17, 15) is 0 Å². The molecule has 2 N–H and O–H groups in total. The van der Waals surface area contributed by atoms with Crippen LogP contribution in [0.5, 0.6) is 5.75 Å². The number of hydrogen-bond acceptors (Lipinski definition) is 3. The molecule has 0 amide bonds. The predicted molar refractivity (Wildman–Crippen MR) is 107 cm³/mol. The number of guanidine groups is 1. The molecule has 0 saturated carbocycles. The Morgan fingerprint density at radius 1 is 1.26 bits per heavy atom. The number of benzene rings is 1. The van der Waals surface area contributed by atoms with Crippen molar-refractivity contribution in [3.63, 3.8) is 0 Å². The van der Waals surface area contributed by atoms with Crippen LogP contribution in [-0.2, 0) is 4.74 Å². The third-order valence-electron chi connectivity index (χ3n) is 2.98. The van der Waals surface area contributed by atoms with Gasteiger partial charge in [0, 0.05) is 20.2 Å². The molecule has 23 heavy (non-hydrogen) atoms. The minimum Gasteiger partial charge on any atom is -0.487 e. The predicted octanol–water partition coefficient (Wildman–Crippen LogP) is 3.32. The third-order valence-corrected chi connectivity index (χ3v) is 3.29. The van der Waals surface area contributed by atoms with Crippen LogP contribution in [0.2, 0.25) is 5.02 Å². The van der Waals surface area contributed by atoms with Crippen LogP contribution < -0.4 is 15.4 Å².